The number of nitrogens with zero attached hydrogens (tertiary/aromatic N) is 4. The smallest absolute Gasteiger partial charge is 0.260 e. The number of sulfone groups is 1. The van der Waals surface area contributed by atoms with Gasteiger partial charge in [0.2, 0.25) is 9.84 Å². The predicted molar refractivity (Wildman–Crippen MR) is 60.9 cm³/mol. The molecule has 1 aliphatic rings. The molecule has 0 saturated carbocycles. The van der Waals surface area contributed by atoms with Crippen LogP contribution in [0.5, 0.6) is 0 Å². The molecule has 1 aromatic rings. The van der Waals surface area contributed by atoms with Crippen LogP contribution < -0.4 is 0 Å². The summed E-state index contributed by atoms with van der Waals surface area (Å²) in [5.41, 5.74) is -4.37. The summed E-state index contributed by atoms with van der Waals surface area (Å²) >= 11 is 0. The van der Waals surface area contributed by atoms with Gasteiger partial charge >= 0.3 is 0 Å². The quantitative estimate of drug-likeness (QED) is 0.807. The highest BCUT2D eigenvalue weighted by atomic mass is 32.2. The van der Waals surface area contributed by atoms with Crippen molar-refractivity contribution in [3.63, 3.8) is 0 Å². The van der Waals surface area contributed by atoms with E-state index in [0.29, 0.717) is 0 Å². The van der Waals surface area contributed by atoms with E-state index in [4.69, 9.17) is 4.84 Å². The monoisotopic (exact) mass is 294 g/mol. The van der Waals surface area contributed by atoms with Gasteiger partial charge in [0.1, 0.15) is 5.60 Å². The van der Waals surface area contributed by atoms with Crippen LogP contribution in [0.4, 0.5) is 8.78 Å². The number of alkyl halides is 1. The highest BCUT2D eigenvalue weighted by molar-refractivity contribution is 8.06. The average Bonchev–Trinajstić information content (AvgIpc) is 2.80. The second-order valence-corrected chi connectivity index (χ2v) is 6.71. The highest BCUT2D eigenvalue weighted by Crippen LogP contribution is 2.32. The van der Waals surface area contributed by atoms with Gasteiger partial charge in [0.05, 0.1) is 0 Å². The molecule has 0 saturated heterocycles. The molecule has 0 N–H and O–H groups in total. The van der Waals surface area contributed by atoms with Crippen molar-refractivity contribution in [1.29, 1.82) is 0 Å². The van der Waals surface area contributed by atoms with E-state index in [-0.39, 0.29) is 6.42 Å². The Morgan fingerprint density at radius 3 is 2.47 bits per heavy atom. The van der Waals surface area contributed by atoms with Gasteiger partial charge in [0.15, 0.2) is 10.7 Å². The van der Waals surface area contributed by atoms with E-state index in [2.05, 4.69) is 15.4 Å². The Morgan fingerprint density at radius 1 is 1.42 bits per heavy atom. The van der Waals surface area contributed by atoms with Crippen molar-refractivity contribution < 1.29 is 22.0 Å². The molecule has 0 aliphatic carbocycles. The zero-order valence-corrected chi connectivity index (χ0v) is 11.3. The van der Waals surface area contributed by atoms with Gasteiger partial charge in [-0.2, -0.15) is 14.3 Å². The minimum absolute atomic E-state index is 0.0857. The molecule has 2 heterocycles. The van der Waals surface area contributed by atoms with Gasteiger partial charge in [-0.1, -0.05) is 5.16 Å². The number of halogens is 2. The van der Waals surface area contributed by atoms with Gasteiger partial charge in [-0.05, 0) is 13.8 Å². The molecule has 0 radical (unpaired) electrons. The maximum Gasteiger partial charge on any atom is 0.260 e. The Kier molecular flexibility index (Phi) is 3.07. The number of rotatable bonds is 2. The van der Waals surface area contributed by atoms with Crippen molar-refractivity contribution in [3.05, 3.63) is 11.6 Å². The molecule has 1 atom stereocenters. The van der Waals surface area contributed by atoms with Crippen LogP contribution in [-0.4, -0.2) is 34.1 Å². The van der Waals surface area contributed by atoms with Gasteiger partial charge in [0, 0.05) is 13.5 Å². The molecular weight excluding hydrogens is 282 g/mol. The number of hydrogen-bond acceptors (Lipinski definition) is 6. The molecule has 0 bridgehead atoms. The van der Waals surface area contributed by atoms with E-state index in [1.54, 1.807) is 13.8 Å². The maximum atomic E-state index is 14.0. The van der Waals surface area contributed by atoms with Crippen molar-refractivity contribution in [3.8, 4) is 0 Å². The summed E-state index contributed by atoms with van der Waals surface area (Å²) in [5.74, 6) is -1.27. The van der Waals surface area contributed by atoms with Gasteiger partial charge in [0.25, 0.3) is 11.5 Å². The molecule has 0 aromatic carbocycles. The minimum atomic E-state index is -4.47. The summed E-state index contributed by atoms with van der Waals surface area (Å²) < 4.78 is 51.2. The molecule has 0 amide bonds. The fourth-order valence-electron chi connectivity index (χ4n) is 1.56. The SMILES string of the molecule is Cn1nc(F)c(C(F)S(=O)(=O)C2=NOC(C)(C)C2)n1. The van der Waals surface area contributed by atoms with Gasteiger partial charge in [-0.25, -0.2) is 12.8 Å². The number of aromatic nitrogens is 3. The van der Waals surface area contributed by atoms with Gasteiger partial charge < -0.3 is 4.84 Å². The standard InChI is InChI=1S/C9H12F2N4O3S/c1-9(2)4-5(14-18-9)19(16,17)8(11)6-7(10)13-15(3)12-6/h8H,4H2,1-3H3. The molecule has 2 rings (SSSR count). The normalized spacial score (nSPS) is 19.9. The minimum Gasteiger partial charge on any atom is -0.389 e. The van der Waals surface area contributed by atoms with E-state index in [9.17, 15) is 17.2 Å². The van der Waals surface area contributed by atoms with E-state index in [0.717, 1.165) is 4.80 Å². The molecule has 106 valence electrons. The third-order valence-corrected chi connectivity index (χ3v) is 4.13. The Morgan fingerprint density at radius 2 is 2.05 bits per heavy atom. The maximum absolute atomic E-state index is 14.0. The van der Waals surface area contributed by atoms with E-state index in [1.165, 1.54) is 7.05 Å². The van der Waals surface area contributed by atoms with Crippen LogP contribution in [-0.2, 0) is 21.7 Å². The summed E-state index contributed by atoms with van der Waals surface area (Å²) in [6, 6.07) is 0. The first-order chi connectivity index (χ1) is 8.63. The highest BCUT2D eigenvalue weighted by Gasteiger charge is 2.43. The lowest BCUT2D eigenvalue weighted by atomic mass is 10.1. The first kappa shape index (κ1) is 13.8. The zero-order valence-electron chi connectivity index (χ0n) is 10.5. The third kappa shape index (κ3) is 2.44. The molecule has 7 nitrogen and oxygen atoms in total. The van der Waals surface area contributed by atoms with Crippen LogP contribution in [0.2, 0.25) is 0 Å². The first-order valence-electron chi connectivity index (χ1n) is 5.33. The molecular formula is C9H12F2N4O3S. The summed E-state index contributed by atoms with van der Waals surface area (Å²) in [7, 11) is -3.21. The number of oxime groups is 1. The second kappa shape index (κ2) is 4.22. The fraction of sp³-hybridized carbons (Fsp3) is 0.667. The van der Waals surface area contributed by atoms with Crippen molar-refractivity contribution in [2.75, 3.05) is 0 Å². The summed E-state index contributed by atoms with van der Waals surface area (Å²) in [4.78, 5) is 5.62. The van der Waals surface area contributed by atoms with Crippen molar-refractivity contribution in [2.24, 2.45) is 12.2 Å². The average molecular weight is 294 g/mol. The Hall–Kier alpha value is -1.58. The molecule has 1 aromatic heterocycles. The van der Waals surface area contributed by atoms with Gasteiger partial charge in [-0.15, -0.1) is 5.10 Å². The van der Waals surface area contributed by atoms with Crippen LogP contribution in [0.1, 0.15) is 31.5 Å². The van der Waals surface area contributed by atoms with E-state index < -0.39 is 37.6 Å². The lowest BCUT2D eigenvalue weighted by Crippen LogP contribution is -2.25. The molecule has 1 aliphatic heterocycles. The second-order valence-electron chi connectivity index (χ2n) is 4.74. The third-order valence-electron chi connectivity index (χ3n) is 2.48. The molecule has 1 unspecified atom stereocenters. The summed E-state index contributed by atoms with van der Waals surface area (Å²) in [5, 5.41) is 9.42. The van der Waals surface area contributed by atoms with Crippen LogP contribution in [0, 0.1) is 5.95 Å². The molecule has 0 fully saturated rings. The van der Waals surface area contributed by atoms with Crippen LogP contribution in [0.25, 0.3) is 0 Å². The number of hydrogen-bond donors (Lipinski definition) is 0. The van der Waals surface area contributed by atoms with Crippen LogP contribution >= 0.6 is 0 Å². The lowest BCUT2D eigenvalue weighted by Gasteiger charge is -2.13. The first-order valence-corrected chi connectivity index (χ1v) is 6.88. The molecule has 10 heteroatoms. The molecule has 0 spiro atoms. The Labute approximate surface area is 108 Å². The lowest BCUT2D eigenvalue weighted by molar-refractivity contribution is 0.0123. The number of aryl methyl sites for hydroxylation is 1. The van der Waals surface area contributed by atoms with Crippen molar-refractivity contribution in [1.82, 2.24) is 15.0 Å². The van der Waals surface area contributed by atoms with E-state index >= 15 is 0 Å². The zero-order chi connectivity index (χ0) is 14.4. The molecule has 19 heavy (non-hydrogen) atoms. The van der Waals surface area contributed by atoms with Crippen molar-refractivity contribution in [2.45, 2.75) is 31.4 Å². The fourth-order valence-corrected chi connectivity index (χ4v) is 2.93. The summed E-state index contributed by atoms with van der Waals surface area (Å²) in [6.45, 7) is 3.21. The van der Waals surface area contributed by atoms with Crippen LogP contribution in [0.15, 0.2) is 5.16 Å². The van der Waals surface area contributed by atoms with E-state index in [1.807, 2.05) is 0 Å². The predicted octanol–water partition coefficient (Wildman–Crippen LogP) is 0.850. The Bertz CT molecular complexity index is 638. The largest absolute Gasteiger partial charge is 0.389 e. The van der Waals surface area contributed by atoms with Crippen LogP contribution in [0.3, 0.4) is 0 Å². The van der Waals surface area contributed by atoms with Crippen molar-refractivity contribution >= 4 is 14.9 Å². The van der Waals surface area contributed by atoms with Gasteiger partial charge in [-0.3, -0.25) is 0 Å². The summed E-state index contributed by atoms with van der Waals surface area (Å²) in [6.07, 6.45) is -0.0857. The topological polar surface area (TPSA) is 86.4 Å². The Balaban J connectivity index is 2.33.